The number of urea groups is 1. The number of anilines is 1. The summed E-state index contributed by atoms with van der Waals surface area (Å²) in [5.74, 6) is -0.376. The molecule has 13 heteroatoms. The van der Waals surface area contributed by atoms with Crippen molar-refractivity contribution in [3.63, 3.8) is 0 Å². The van der Waals surface area contributed by atoms with Crippen molar-refractivity contribution in [1.82, 2.24) is 30.0 Å². The second kappa shape index (κ2) is 8.04. The molecule has 1 unspecified atom stereocenters. The Balaban J connectivity index is 1.75. The van der Waals surface area contributed by atoms with Gasteiger partial charge in [-0.15, -0.1) is 0 Å². The summed E-state index contributed by atoms with van der Waals surface area (Å²) in [5.41, 5.74) is -0.724. The minimum absolute atomic E-state index is 0.0330. The quantitative estimate of drug-likeness (QED) is 0.449. The van der Waals surface area contributed by atoms with E-state index >= 15 is 0 Å². The van der Waals surface area contributed by atoms with Gasteiger partial charge in [-0.25, -0.2) is 19.7 Å². The molecule has 144 valence electrons. The molecule has 0 fully saturated rings. The smallest absolute Gasteiger partial charge is 0.319 e. The van der Waals surface area contributed by atoms with Gasteiger partial charge in [-0.2, -0.15) is 14.2 Å². The van der Waals surface area contributed by atoms with E-state index < -0.39 is 28.5 Å². The van der Waals surface area contributed by atoms with E-state index in [4.69, 9.17) is 0 Å². The average Bonchev–Trinajstić information content (AvgIpc) is 3.14. The third-order valence-electron chi connectivity index (χ3n) is 3.53. The van der Waals surface area contributed by atoms with E-state index in [1.54, 1.807) is 13.0 Å². The maximum Gasteiger partial charge on any atom is 0.319 e. The number of rotatable bonds is 5. The van der Waals surface area contributed by atoms with E-state index in [9.17, 15) is 19.3 Å². The summed E-state index contributed by atoms with van der Waals surface area (Å²) in [5, 5.41) is 20.0. The van der Waals surface area contributed by atoms with Gasteiger partial charge in [-0.3, -0.25) is 10.1 Å². The Morgan fingerprint density at radius 1 is 1.32 bits per heavy atom. The zero-order chi connectivity index (χ0) is 20.3. The summed E-state index contributed by atoms with van der Waals surface area (Å²) in [6.45, 7) is 1.66. The van der Waals surface area contributed by atoms with Crippen LogP contribution >= 0.6 is 15.9 Å². The summed E-state index contributed by atoms with van der Waals surface area (Å²) >= 11 is 3.06. The molecule has 0 radical (unpaired) electrons. The molecule has 0 bridgehead atoms. The highest BCUT2D eigenvalue weighted by Crippen LogP contribution is 2.30. The number of nitro groups is 1. The number of nitrogens with zero attached hydrogens (tertiary/aromatic N) is 6. The number of benzene rings is 1. The van der Waals surface area contributed by atoms with Gasteiger partial charge in [0.05, 0.1) is 16.7 Å². The fourth-order valence-corrected chi connectivity index (χ4v) is 2.71. The highest BCUT2D eigenvalue weighted by Gasteiger charge is 2.21. The molecule has 28 heavy (non-hydrogen) atoms. The van der Waals surface area contributed by atoms with E-state index in [1.165, 1.54) is 23.4 Å². The third-order valence-corrected chi connectivity index (χ3v) is 4.19. The molecule has 1 aromatic carbocycles. The molecule has 0 saturated carbocycles. The topological polar surface area (TPSA) is 141 Å². The van der Waals surface area contributed by atoms with Gasteiger partial charge >= 0.3 is 11.7 Å². The number of carbonyl (C=O) groups excluding carboxylic acids is 1. The predicted octanol–water partition coefficient (Wildman–Crippen LogP) is 2.75. The van der Waals surface area contributed by atoms with Gasteiger partial charge in [-0.05, 0) is 35.0 Å². The van der Waals surface area contributed by atoms with E-state index in [0.29, 0.717) is 5.82 Å². The predicted molar refractivity (Wildman–Crippen MR) is 98.3 cm³/mol. The fraction of sp³-hybridized carbons (Fsp3) is 0.133. The first-order valence-corrected chi connectivity index (χ1v) is 8.54. The molecule has 11 nitrogen and oxygen atoms in total. The Morgan fingerprint density at radius 2 is 2.04 bits per heavy atom. The van der Waals surface area contributed by atoms with Crippen LogP contribution in [0.1, 0.15) is 18.8 Å². The number of amides is 2. The van der Waals surface area contributed by atoms with E-state index in [0.717, 1.165) is 12.1 Å². The molecular weight excluding hydrogens is 439 g/mol. The van der Waals surface area contributed by atoms with Crippen LogP contribution in [0.3, 0.4) is 0 Å². The minimum atomic E-state index is -1.02. The zero-order valence-corrected chi connectivity index (χ0v) is 15.8. The second-order valence-electron chi connectivity index (χ2n) is 5.44. The van der Waals surface area contributed by atoms with Crippen LogP contribution < -0.4 is 10.6 Å². The fourth-order valence-electron chi connectivity index (χ4n) is 2.29. The number of nitro benzene ring substituents is 1. The SMILES string of the molecule is CC(NC(=O)Nc1cc([N+](=O)[O-])c(F)cc1Br)c1ncnn1-c1ncccn1. The van der Waals surface area contributed by atoms with Gasteiger partial charge < -0.3 is 10.6 Å². The van der Waals surface area contributed by atoms with Crippen LogP contribution in [0.25, 0.3) is 5.95 Å². The lowest BCUT2D eigenvalue weighted by atomic mass is 10.2. The summed E-state index contributed by atoms with van der Waals surface area (Å²) in [4.78, 5) is 34.5. The Bertz CT molecular complexity index is 1030. The number of halogens is 2. The number of hydrogen-bond acceptors (Lipinski definition) is 7. The van der Waals surface area contributed by atoms with Crippen molar-refractivity contribution < 1.29 is 14.1 Å². The van der Waals surface area contributed by atoms with Gasteiger partial charge in [0.1, 0.15) is 6.33 Å². The summed E-state index contributed by atoms with van der Waals surface area (Å²) in [7, 11) is 0. The standard InChI is InChI=1S/C15H12BrFN8O3/c1-8(13-20-7-21-24(13)14-18-3-2-4-19-14)22-15(26)23-11-6-12(25(27)28)10(17)5-9(11)16/h2-8H,1H3,(H2,22,23,26). The lowest BCUT2D eigenvalue weighted by Crippen LogP contribution is -2.33. The first kappa shape index (κ1) is 19.3. The summed E-state index contributed by atoms with van der Waals surface area (Å²) < 4.78 is 15.1. The molecule has 1 atom stereocenters. The molecule has 0 saturated heterocycles. The van der Waals surface area contributed by atoms with Gasteiger partial charge in [0, 0.05) is 22.9 Å². The van der Waals surface area contributed by atoms with Crippen molar-refractivity contribution in [2.45, 2.75) is 13.0 Å². The monoisotopic (exact) mass is 450 g/mol. The molecule has 3 aromatic rings. The molecule has 3 rings (SSSR count). The second-order valence-corrected chi connectivity index (χ2v) is 6.29. The van der Waals surface area contributed by atoms with Crippen molar-refractivity contribution in [3.05, 3.63) is 63.1 Å². The van der Waals surface area contributed by atoms with Gasteiger partial charge in [0.2, 0.25) is 5.82 Å². The number of hydrogen-bond donors (Lipinski definition) is 2. The Labute approximate surface area is 165 Å². The lowest BCUT2D eigenvalue weighted by Gasteiger charge is -2.15. The van der Waals surface area contributed by atoms with Crippen molar-refractivity contribution in [2.75, 3.05) is 5.32 Å². The van der Waals surface area contributed by atoms with Crippen LogP contribution in [0.4, 0.5) is 20.6 Å². The normalized spacial score (nSPS) is 11.7. The largest absolute Gasteiger partial charge is 0.328 e. The van der Waals surface area contributed by atoms with Crippen LogP contribution in [0.2, 0.25) is 0 Å². The van der Waals surface area contributed by atoms with Crippen molar-refractivity contribution in [3.8, 4) is 5.95 Å². The molecular formula is C15H12BrFN8O3. The number of nitrogens with one attached hydrogen (secondary N) is 2. The van der Waals surface area contributed by atoms with Gasteiger partial charge in [0.15, 0.2) is 5.82 Å². The highest BCUT2D eigenvalue weighted by atomic mass is 79.9. The molecule has 2 amide bonds. The van der Waals surface area contributed by atoms with Crippen LogP contribution in [-0.2, 0) is 0 Å². The molecule has 0 aliphatic carbocycles. The first-order valence-electron chi connectivity index (χ1n) is 7.75. The molecule has 0 aliphatic rings. The summed E-state index contributed by atoms with van der Waals surface area (Å²) in [6.07, 6.45) is 4.37. The Hall–Kier alpha value is -3.48. The number of carbonyl (C=O) groups is 1. The molecule has 0 spiro atoms. The van der Waals surface area contributed by atoms with Crippen molar-refractivity contribution >= 4 is 33.3 Å². The lowest BCUT2D eigenvalue weighted by molar-refractivity contribution is -0.387. The highest BCUT2D eigenvalue weighted by molar-refractivity contribution is 9.10. The van der Waals surface area contributed by atoms with Crippen LogP contribution in [-0.4, -0.2) is 35.7 Å². The van der Waals surface area contributed by atoms with Crippen LogP contribution in [0, 0.1) is 15.9 Å². The van der Waals surface area contributed by atoms with Gasteiger partial charge in [0.25, 0.3) is 5.95 Å². The minimum Gasteiger partial charge on any atom is -0.328 e. The van der Waals surface area contributed by atoms with E-state index in [-0.39, 0.29) is 16.1 Å². The first-order chi connectivity index (χ1) is 13.4. The molecule has 2 aromatic heterocycles. The van der Waals surface area contributed by atoms with Gasteiger partial charge in [-0.1, -0.05) is 0 Å². The summed E-state index contributed by atoms with van der Waals surface area (Å²) in [6, 6.07) is 2.18. The Kier molecular flexibility index (Phi) is 5.54. The maximum atomic E-state index is 13.6. The maximum absolute atomic E-state index is 13.6. The third kappa shape index (κ3) is 4.09. The Morgan fingerprint density at radius 3 is 2.71 bits per heavy atom. The van der Waals surface area contributed by atoms with E-state index in [2.05, 4.69) is 46.6 Å². The average molecular weight is 451 g/mol. The molecule has 0 aliphatic heterocycles. The zero-order valence-electron chi connectivity index (χ0n) is 14.2. The molecule has 2 N–H and O–H groups in total. The van der Waals surface area contributed by atoms with Crippen LogP contribution in [0.5, 0.6) is 0 Å². The van der Waals surface area contributed by atoms with E-state index in [1.807, 2.05) is 0 Å². The van der Waals surface area contributed by atoms with Crippen molar-refractivity contribution in [2.24, 2.45) is 0 Å². The number of aromatic nitrogens is 5. The molecule has 2 heterocycles. The van der Waals surface area contributed by atoms with Crippen LogP contribution in [0.15, 0.2) is 41.4 Å². The van der Waals surface area contributed by atoms with Crippen molar-refractivity contribution in [1.29, 1.82) is 0 Å².